The van der Waals surface area contributed by atoms with Gasteiger partial charge in [-0.1, -0.05) is 12.1 Å². The number of hydrogen-bond donors (Lipinski definition) is 1. The van der Waals surface area contributed by atoms with Crippen LogP contribution in [0.3, 0.4) is 0 Å². The molecular weight excluding hydrogens is 460 g/mol. The fourth-order valence-corrected chi connectivity index (χ4v) is 5.88. The van der Waals surface area contributed by atoms with E-state index in [1.807, 2.05) is 0 Å². The highest BCUT2D eigenvalue weighted by Gasteiger charge is 2.28. The lowest BCUT2D eigenvalue weighted by molar-refractivity contribution is -0.116. The fraction of sp³-hybridized carbons (Fsp3) is 0.391. The molecule has 0 spiro atoms. The summed E-state index contributed by atoms with van der Waals surface area (Å²) in [5.74, 6) is -1.07. The van der Waals surface area contributed by atoms with E-state index in [1.54, 1.807) is 36.4 Å². The van der Waals surface area contributed by atoms with E-state index in [0.717, 1.165) is 31.6 Å². The molecule has 180 valence electrons. The number of nitrogens with one attached hydrogen (secondary N) is 1. The number of para-hydroxylation sites is 2. The number of carbonyl (C=O) groups is 1. The zero-order chi connectivity index (χ0) is 23.7. The SMILES string of the molecule is O=C(Cn1c(=O)oc2ccccc21)Nc1cc(S(=O)(=O)N2CCOCC2)ccc1N1CCCC1. The Morgan fingerprint density at radius 2 is 1.74 bits per heavy atom. The van der Waals surface area contributed by atoms with Crippen LogP contribution in [0, 0.1) is 0 Å². The summed E-state index contributed by atoms with van der Waals surface area (Å²) >= 11 is 0. The van der Waals surface area contributed by atoms with Crippen LogP contribution in [0.1, 0.15) is 12.8 Å². The molecule has 0 atom stereocenters. The predicted octanol–water partition coefficient (Wildman–Crippen LogP) is 1.85. The highest BCUT2D eigenvalue weighted by molar-refractivity contribution is 7.89. The minimum Gasteiger partial charge on any atom is -0.408 e. The lowest BCUT2D eigenvalue weighted by atomic mass is 10.2. The Morgan fingerprint density at radius 1 is 1.00 bits per heavy atom. The third-order valence-corrected chi connectivity index (χ3v) is 8.07. The molecule has 5 rings (SSSR count). The molecule has 0 unspecified atom stereocenters. The van der Waals surface area contributed by atoms with Crippen molar-refractivity contribution in [1.82, 2.24) is 8.87 Å². The Hall–Kier alpha value is -3.15. The van der Waals surface area contributed by atoms with Crippen molar-refractivity contribution in [2.75, 3.05) is 49.6 Å². The van der Waals surface area contributed by atoms with Crippen LogP contribution < -0.4 is 16.0 Å². The monoisotopic (exact) mass is 486 g/mol. The first-order chi connectivity index (χ1) is 16.4. The van der Waals surface area contributed by atoms with Gasteiger partial charge < -0.3 is 19.4 Å². The zero-order valence-corrected chi connectivity index (χ0v) is 19.4. The second-order valence-corrected chi connectivity index (χ2v) is 10.3. The van der Waals surface area contributed by atoms with E-state index in [0.29, 0.717) is 30.0 Å². The van der Waals surface area contributed by atoms with E-state index in [-0.39, 0.29) is 24.5 Å². The van der Waals surface area contributed by atoms with Crippen molar-refractivity contribution >= 4 is 38.4 Å². The maximum Gasteiger partial charge on any atom is 0.420 e. The molecule has 3 aromatic rings. The van der Waals surface area contributed by atoms with Crippen molar-refractivity contribution in [1.29, 1.82) is 0 Å². The number of morpholine rings is 1. The quantitative estimate of drug-likeness (QED) is 0.566. The van der Waals surface area contributed by atoms with Gasteiger partial charge in [0, 0.05) is 26.2 Å². The van der Waals surface area contributed by atoms with Crippen LogP contribution in [-0.2, 0) is 26.1 Å². The third-order valence-electron chi connectivity index (χ3n) is 6.17. The average Bonchev–Trinajstić information content (AvgIpc) is 3.48. The molecule has 2 fully saturated rings. The lowest BCUT2D eigenvalue weighted by Crippen LogP contribution is -2.40. The number of fused-ring (bicyclic) bond motifs is 1. The van der Waals surface area contributed by atoms with Crippen molar-refractivity contribution in [3.05, 3.63) is 53.0 Å². The second kappa shape index (κ2) is 9.24. The number of rotatable bonds is 6. The van der Waals surface area contributed by atoms with Gasteiger partial charge in [-0.05, 0) is 43.2 Å². The number of aromatic nitrogens is 1. The van der Waals surface area contributed by atoms with Crippen LogP contribution in [0.5, 0.6) is 0 Å². The van der Waals surface area contributed by atoms with E-state index in [1.165, 1.54) is 14.9 Å². The summed E-state index contributed by atoms with van der Waals surface area (Å²) in [6, 6.07) is 11.7. The molecule has 2 saturated heterocycles. The summed E-state index contributed by atoms with van der Waals surface area (Å²) in [6.07, 6.45) is 2.05. The van der Waals surface area contributed by atoms with Gasteiger partial charge in [0.25, 0.3) is 0 Å². The summed E-state index contributed by atoms with van der Waals surface area (Å²) in [7, 11) is -3.73. The highest BCUT2D eigenvalue weighted by atomic mass is 32.2. The Kier molecular flexibility index (Phi) is 6.15. The van der Waals surface area contributed by atoms with Gasteiger partial charge in [0.1, 0.15) is 6.54 Å². The standard InChI is InChI=1S/C23H26N4O6S/c28-22(16-27-20-5-1-2-6-21(20)33-23(27)29)24-18-15-17(7-8-19(18)25-9-3-4-10-25)34(30,31)26-11-13-32-14-12-26/h1-2,5-8,15H,3-4,9-14,16H2,(H,24,28). The van der Waals surface area contributed by atoms with Crippen LogP contribution in [0.25, 0.3) is 11.1 Å². The number of amides is 1. The topological polar surface area (TPSA) is 114 Å². The van der Waals surface area contributed by atoms with Gasteiger partial charge in [-0.15, -0.1) is 0 Å². The Balaban J connectivity index is 1.45. The lowest BCUT2D eigenvalue weighted by Gasteiger charge is -2.27. The van der Waals surface area contributed by atoms with Crippen molar-refractivity contribution in [2.24, 2.45) is 0 Å². The average molecular weight is 487 g/mol. The molecule has 0 bridgehead atoms. The molecule has 2 aliphatic heterocycles. The number of carbonyl (C=O) groups excluding carboxylic acids is 1. The number of oxazole rings is 1. The number of benzene rings is 2. The number of hydrogen-bond acceptors (Lipinski definition) is 7. The molecule has 0 aliphatic carbocycles. The van der Waals surface area contributed by atoms with Crippen LogP contribution in [0.2, 0.25) is 0 Å². The summed E-state index contributed by atoms with van der Waals surface area (Å²) in [5, 5.41) is 2.84. The van der Waals surface area contributed by atoms with E-state index >= 15 is 0 Å². The number of sulfonamides is 1. The Labute approximate surface area is 196 Å². The molecule has 0 radical (unpaired) electrons. The summed E-state index contributed by atoms with van der Waals surface area (Å²) in [4.78, 5) is 27.5. The summed E-state index contributed by atoms with van der Waals surface area (Å²) in [5.41, 5.74) is 2.08. The van der Waals surface area contributed by atoms with Crippen LogP contribution >= 0.6 is 0 Å². The molecule has 10 nitrogen and oxygen atoms in total. The minimum absolute atomic E-state index is 0.110. The smallest absolute Gasteiger partial charge is 0.408 e. The van der Waals surface area contributed by atoms with Crippen molar-refractivity contribution < 1.29 is 22.4 Å². The largest absolute Gasteiger partial charge is 0.420 e. The molecule has 0 saturated carbocycles. The Morgan fingerprint density at radius 3 is 2.50 bits per heavy atom. The minimum atomic E-state index is -3.73. The van der Waals surface area contributed by atoms with Gasteiger partial charge in [0.2, 0.25) is 15.9 Å². The first-order valence-corrected chi connectivity index (χ1v) is 12.7. The second-order valence-electron chi connectivity index (χ2n) is 8.36. The number of ether oxygens (including phenoxy) is 1. The van der Waals surface area contributed by atoms with Gasteiger partial charge in [0.05, 0.1) is 35.0 Å². The Bertz CT molecular complexity index is 1370. The number of anilines is 2. The third kappa shape index (κ3) is 4.33. The molecule has 11 heteroatoms. The number of nitrogens with zero attached hydrogens (tertiary/aromatic N) is 3. The van der Waals surface area contributed by atoms with Crippen molar-refractivity contribution in [2.45, 2.75) is 24.3 Å². The van der Waals surface area contributed by atoms with Crippen LogP contribution in [0.4, 0.5) is 11.4 Å². The van der Waals surface area contributed by atoms with E-state index in [2.05, 4.69) is 10.2 Å². The molecule has 2 aromatic carbocycles. The molecule has 3 heterocycles. The molecule has 1 N–H and O–H groups in total. The first kappa shape index (κ1) is 22.6. The van der Waals surface area contributed by atoms with E-state index < -0.39 is 21.7 Å². The fourth-order valence-electron chi connectivity index (χ4n) is 4.44. The predicted molar refractivity (Wildman–Crippen MR) is 127 cm³/mol. The van der Waals surface area contributed by atoms with Gasteiger partial charge in [-0.25, -0.2) is 13.2 Å². The van der Waals surface area contributed by atoms with Gasteiger partial charge >= 0.3 is 5.76 Å². The summed E-state index contributed by atoms with van der Waals surface area (Å²) < 4.78 is 39.5. The van der Waals surface area contributed by atoms with Gasteiger partial charge in [-0.3, -0.25) is 9.36 Å². The maximum absolute atomic E-state index is 13.2. The first-order valence-electron chi connectivity index (χ1n) is 11.3. The van der Waals surface area contributed by atoms with Crippen molar-refractivity contribution in [3.8, 4) is 0 Å². The zero-order valence-electron chi connectivity index (χ0n) is 18.6. The van der Waals surface area contributed by atoms with E-state index in [4.69, 9.17) is 9.15 Å². The summed E-state index contributed by atoms with van der Waals surface area (Å²) in [6.45, 7) is 2.66. The van der Waals surface area contributed by atoms with E-state index in [9.17, 15) is 18.0 Å². The molecule has 1 amide bonds. The highest BCUT2D eigenvalue weighted by Crippen LogP contribution is 2.32. The van der Waals surface area contributed by atoms with Gasteiger partial charge in [-0.2, -0.15) is 4.31 Å². The molecular formula is C23H26N4O6S. The normalized spacial score (nSPS) is 17.4. The van der Waals surface area contributed by atoms with Gasteiger partial charge in [0.15, 0.2) is 5.58 Å². The van der Waals surface area contributed by atoms with Crippen LogP contribution in [0.15, 0.2) is 56.6 Å². The molecule has 34 heavy (non-hydrogen) atoms. The molecule has 2 aliphatic rings. The van der Waals surface area contributed by atoms with Crippen LogP contribution in [-0.4, -0.2) is 62.6 Å². The maximum atomic E-state index is 13.2. The molecule has 1 aromatic heterocycles. The van der Waals surface area contributed by atoms with Crippen molar-refractivity contribution in [3.63, 3.8) is 0 Å².